The van der Waals surface area contributed by atoms with E-state index < -0.39 is 47.2 Å². The van der Waals surface area contributed by atoms with Crippen LogP contribution in [0, 0.1) is 0 Å². The van der Waals surface area contributed by atoms with Crippen LogP contribution >= 0.6 is 0 Å². The number of rotatable bonds is 9. The van der Waals surface area contributed by atoms with Crippen LogP contribution in [0.4, 0.5) is 22.0 Å². The molecule has 3 aromatic carbocycles. The smallest absolute Gasteiger partial charge is 0.416 e. The lowest BCUT2D eigenvalue weighted by molar-refractivity contribution is -0.137. The molecule has 12 heteroatoms. The molecule has 0 saturated carbocycles. The maximum Gasteiger partial charge on any atom is 0.416 e. The minimum atomic E-state index is -4.68. The van der Waals surface area contributed by atoms with Gasteiger partial charge in [-0.05, 0) is 41.5 Å². The van der Waals surface area contributed by atoms with Gasteiger partial charge >= 0.3 is 12.1 Å². The van der Waals surface area contributed by atoms with Gasteiger partial charge in [-0.3, -0.25) is 4.79 Å². The topological polar surface area (TPSA) is 84.7 Å². The van der Waals surface area contributed by atoms with Crippen LogP contribution in [0.5, 0.6) is 11.6 Å². The third kappa shape index (κ3) is 6.45. The first-order valence-electron chi connectivity index (χ1n) is 11.8. The third-order valence-corrected chi connectivity index (χ3v) is 5.90. The molecule has 208 valence electrons. The molecular weight excluding hydrogens is 537 g/mol. The van der Waals surface area contributed by atoms with Crippen LogP contribution in [0.1, 0.15) is 49.5 Å². The SMILES string of the molecule is Cn1nc(C(F)F)c(C(=O)N(Cc2ccccc2)Cc2ccc(C(=O)O)cc2)c1Oc1cccc(C(F)(F)F)c1. The summed E-state index contributed by atoms with van der Waals surface area (Å²) in [6, 6.07) is 18.2. The van der Waals surface area contributed by atoms with Gasteiger partial charge in [-0.1, -0.05) is 48.5 Å². The number of aromatic carboxylic acids is 1. The number of halogens is 5. The number of benzene rings is 3. The van der Waals surface area contributed by atoms with E-state index in [1.54, 1.807) is 30.3 Å². The van der Waals surface area contributed by atoms with Crippen molar-refractivity contribution in [2.24, 2.45) is 7.05 Å². The number of aromatic nitrogens is 2. The van der Waals surface area contributed by atoms with Gasteiger partial charge in [-0.15, -0.1) is 0 Å². The fraction of sp³-hybridized carbons (Fsp3) is 0.179. The summed E-state index contributed by atoms with van der Waals surface area (Å²) in [5.41, 5.74) is -1.32. The summed E-state index contributed by atoms with van der Waals surface area (Å²) in [5.74, 6) is -2.83. The molecule has 1 aromatic heterocycles. The Balaban J connectivity index is 1.76. The van der Waals surface area contributed by atoms with E-state index in [2.05, 4.69) is 5.10 Å². The molecule has 0 aliphatic rings. The van der Waals surface area contributed by atoms with Crippen molar-refractivity contribution in [1.29, 1.82) is 0 Å². The lowest BCUT2D eigenvalue weighted by Crippen LogP contribution is -2.31. The fourth-order valence-electron chi connectivity index (χ4n) is 3.98. The van der Waals surface area contributed by atoms with Crippen molar-refractivity contribution < 1.29 is 41.4 Å². The average molecular weight is 559 g/mol. The first-order valence-corrected chi connectivity index (χ1v) is 11.8. The number of carbonyl (C=O) groups excluding carboxylic acids is 1. The van der Waals surface area contributed by atoms with Gasteiger partial charge in [0.1, 0.15) is 17.0 Å². The quantitative estimate of drug-likeness (QED) is 0.231. The van der Waals surface area contributed by atoms with Crippen LogP contribution < -0.4 is 4.74 Å². The Kier molecular flexibility index (Phi) is 8.17. The summed E-state index contributed by atoms with van der Waals surface area (Å²) >= 11 is 0. The highest BCUT2D eigenvalue weighted by Crippen LogP contribution is 2.36. The fourth-order valence-corrected chi connectivity index (χ4v) is 3.98. The minimum absolute atomic E-state index is 0.0219. The number of alkyl halides is 5. The second-order valence-electron chi connectivity index (χ2n) is 8.77. The van der Waals surface area contributed by atoms with Gasteiger partial charge in [0.2, 0.25) is 5.88 Å². The van der Waals surface area contributed by atoms with E-state index in [1.807, 2.05) is 0 Å². The maximum absolute atomic E-state index is 14.1. The average Bonchev–Trinajstić information content (AvgIpc) is 3.24. The van der Waals surface area contributed by atoms with E-state index in [0.717, 1.165) is 16.8 Å². The van der Waals surface area contributed by atoms with Gasteiger partial charge in [0, 0.05) is 20.1 Å². The number of carbonyl (C=O) groups is 2. The summed E-state index contributed by atoms with van der Waals surface area (Å²) < 4.78 is 74.3. The number of hydrogen-bond acceptors (Lipinski definition) is 4. The molecule has 40 heavy (non-hydrogen) atoms. The van der Waals surface area contributed by atoms with Crippen LogP contribution in [0.2, 0.25) is 0 Å². The maximum atomic E-state index is 14.1. The Bertz CT molecular complexity index is 1500. The largest absolute Gasteiger partial charge is 0.478 e. The van der Waals surface area contributed by atoms with Crippen molar-refractivity contribution in [3.05, 3.63) is 112 Å². The van der Waals surface area contributed by atoms with Gasteiger partial charge in [0.15, 0.2) is 0 Å². The van der Waals surface area contributed by atoms with Gasteiger partial charge in [0.25, 0.3) is 12.3 Å². The summed E-state index contributed by atoms with van der Waals surface area (Å²) in [4.78, 5) is 26.3. The highest BCUT2D eigenvalue weighted by molar-refractivity contribution is 5.98. The standard InChI is InChI=1S/C28H22F5N3O4/c1-35-26(40-21-9-5-8-20(14-21)28(31,32)33)22(23(34-35)24(29)30)25(37)36(15-17-6-3-2-4-7-17)16-18-10-12-19(13-11-18)27(38)39/h2-14,24H,15-16H2,1H3,(H,38,39). The number of hydrogen-bond donors (Lipinski definition) is 1. The normalized spacial score (nSPS) is 11.5. The predicted molar refractivity (Wildman–Crippen MR) is 133 cm³/mol. The molecule has 0 unspecified atom stereocenters. The first kappa shape index (κ1) is 28.3. The molecule has 0 aliphatic heterocycles. The van der Waals surface area contributed by atoms with Gasteiger partial charge in [0.05, 0.1) is 11.1 Å². The lowest BCUT2D eigenvalue weighted by Gasteiger charge is -2.24. The molecule has 1 amide bonds. The van der Waals surface area contributed by atoms with Crippen molar-refractivity contribution >= 4 is 11.9 Å². The Morgan fingerprint density at radius 1 is 0.950 bits per heavy atom. The van der Waals surface area contributed by atoms with Crippen molar-refractivity contribution in [1.82, 2.24) is 14.7 Å². The zero-order chi connectivity index (χ0) is 29.0. The van der Waals surface area contributed by atoms with E-state index in [4.69, 9.17) is 9.84 Å². The minimum Gasteiger partial charge on any atom is -0.478 e. The molecule has 0 saturated heterocycles. The van der Waals surface area contributed by atoms with Crippen LogP contribution in [0.25, 0.3) is 0 Å². The van der Waals surface area contributed by atoms with Gasteiger partial charge < -0.3 is 14.7 Å². The molecule has 0 atom stereocenters. The van der Waals surface area contributed by atoms with Crippen molar-refractivity contribution in [2.75, 3.05) is 0 Å². The first-order chi connectivity index (χ1) is 18.9. The van der Waals surface area contributed by atoms with Gasteiger partial charge in [-0.2, -0.15) is 18.3 Å². The second-order valence-corrected chi connectivity index (χ2v) is 8.77. The molecule has 4 rings (SSSR count). The van der Waals surface area contributed by atoms with Crippen LogP contribution in [-0.4, -0.2) is 31.7 Å². The Hall–Kier alpha value is -4.74. The molecule has 4 aromatic rings. The number of carboxylic acids is 1. The van der Waals surface area contributed by atoms with Crippen LogP contribution in [0.15, 0.2) is 78.9 Å². The summed E-state index contributed by atoms with van der Waals surface area (Å²) in [7, 11) is 1.23. The summed E-state index contributed by atoms with van der Waals surface area (Å²) in [5, 5.41) is 12.9. The summed E-state index contributed by atoms with van der Waals surface area (Å²) in [6.45, 7) is -0.130. The molecule has 7 nitrogen and oxygen atoms in total. The van der Waals surface area contributed by atoms with E-state index in [-0.39, 0.29) is 24.4 Å². The molecule has 0 aliphatic carbocycles. The predicted octanol–water partition coefficient (Wildman–Crippen LogP) is 6.71. The molecule has 1 heterocycles. The van der Waals surface area contributed by atoms with Crippen molar-refractivity contribution in [2.45, 2.75) is 25.7 Å². The third-order valence-electron chi connectivity index (χ3n) is 5.90. The number of nitrogens with zero attached hydrogens (tertiary/aromatic N) is 3. The number of carboxylic acid groups (broad SMARTS) is 1. The van der Waals surface area contributed by atoms with E-state index in [0.29, 0.717) is 17.2 Å². The number of ether oxygens (including phenoxy) is 1. The Labute approximate surface area is 225 Å². The van der Waals surface area contributed by atoms with Crippen molar-refractivity contribution in [3.63, 3.8) is 0 Å². The zero-order valence-electron chi connectivity index (χ0n) is 20.9. The van der Waals surface area contributed by atoms with Crippen molar-refractivity contribution in [3.8, 4) is 11.6 Å². The monoisotopic (exact) mass is 559 g/mol. The number of aryl methyl sites for hydroxylation is 1. The molecule has 0 fully saturated rings. The van der Waals surface area contributed by atoms with E-state index in [9.17, 15) is 31.5 Å². The van der Waals surface area contributed by atoms with Gasteiger partial charge in [-0.25, -0.2) is 18.3 Å². The Morgan fingerprint density at radius 2 is 1.57 bits per heavy atom. The zero-order valence-corrected chi connectivity index (χ0v) is 20.9. The molecule has 0 bridgehead atoms. The van der Waals surface area contributed by atoms with E-state index >= 15 is 0 Å². The summed E-state index contributed by atoms with van der Waals surface area (Å²) in [6.07, 6.45) is -7.88. The van der Waals surface area contributed by atoms with E-state index in [1.165, 1.54) is 42.3 Å². The highest BCUT2D eigenvalue weighted by Gasteiger charge is 2.34. The van der Waals surface area contributed by atoms with Crippen LogP contribution in [-0.2, 0) is 26.3 Å². The molecule has 1 N–H and O–H groups in total. The lowest BCUT2D eigenvalue weighted by atomic mass is 10.1. The molecular formula is C28H22F5N3O4. The number of amides is 1. The second kappa shape index (κ2) is 11.6. The highest BCUT2D eigenvalue weighted by atomic mass is 19.4. The molecule has 0 spiro atoms. The van der Waals surface area contributed by atoms with Crippen LogP contribution in [0.3, 0.4) is 0 Å². The molecule has 0 radical (unpaired) electrons. The Morgan fingerprint density at radius 3 is 2.15 bits per heavy atom.